The van der Waals surface area contributed by atoms with Crippen LogP contribution < -0.4 is 0 Å². The average Bonchev–Trinajstić information content (AvgIpc) is 2.66. The molecule has 0 saturated heterocycles. The summed E-state index contributed by atoms with van der Waals surface area (Å²) in [5, 5.41) is 9.50. The highest BCUT2D eigenvalue weighted by Gasteiger charge is 2.09. The third-order valence-electron chi connectivity index (χ3n) is 1.74. The van der Waals surface area contributed by atoms with Crippen LogP contribution in [0.1, 0.15) is 6.92 Å². The molecule has 1 aromatic heterocycles. The maximum atomic E-state index is 11.0. The Kier molecular flexibility index (Phi) is 4.05. The van der Waals surface area contributed by atoms with Crippen molar-refractivity contribution in [3.63, 3.8) is 0 Å². The van der Waals surface area contributed by atoms with Crippen molar-refractivity contribution < 1.29 is 14.6 Å². The molecule has 1 heterocycles. The van der Waals surface area contributed by atoms with Crippen molar-refractivity contribution in [2.75, 3.05) is 6.61 Å². The molecule has 1 aromatic rings. The summed E-state index contributed by atoms with van der Waals surface area (Å²) in [7, 11) is 0. The molecule has 1 rings (SSSR count). The molecule has 0 spiro atoms. The monoisotopic (exact) mass is 210 g/mol. The molecular weight excluding hydrogens is 196 g/mol. The molecule has 0 fully saturated rings. The number of carbonyl (C=O) groups is 1. The molecule has 82 valence electrons. The first-order valence-corrected chi connectivity index (χ1v) is 4.56. The minimum Gasteiger partial charge on any atom is -0.460 e. The zero-order chi connectivity index (χ0) is 11.3. The smallest absolute Gasteiger partial charge is 0.333 e. The van der Waals surface area contributed by atoms with Crippen LogP contribution in [0.3, 0.4) is 0 Å². The van der Waals surface area contributed by atoms with Crippen LogP contribution >= 0.6 is 0 Å². The Bertz CT molecular complexity index is 332. The molecule has 5 heteroatoms. The van der Waals surface area contributed by atoms with Crippen LogP contribution in [0.25, 0.3) is 0 Å². The molecule has 1 unspecified atom stereocenters. The molecule has 5 nitrogen and oxygen atoms in total. The highest BCUT2D eigenvalue weighted by molar-refractivity contribution is 5.86. The first-order chi connectivity index (χ1) is 7.09. The van der Waals surface area contributed by atoms with Gasteiger partial charge in [0.05, 0.1) is 12.9 Å². The van der Waals surface area contributed by atoms with E-state index in [4.69, 9.17) is 4.74 Å². The lowest BCUT2D eigenvalue weighted by atomic mass is 10.3. The van der Waals surface area contributed by atoms with Crippen molar-refractivity contribution >= 4 is 5.97 Å². The number of aliphatic hydroxyl groups is 1. The van der Waals surface area contributed by atoms with E-state index in [1.807, 2.05) is 0 Å². The van der Waals surface area contributed by atoms with E-state index in [2.05, 4.69) is 11.6 Å². The lowest BCUT2D eigenvalue weighted by Crippen LogP contribution is -2.23. The zero-order valence-electron chi connectivity index (χ0n) is 8.59. The van der Waals surface area contributed by atoms with Crippen LogP contribution in [-0.4, -0.2) is 33.3 Å². The molecule has 15 heavy (non-hydrogen) atoms. The lowest BCUT2D eigenvalue weighted by molar-refractivity contribution is -0.142. The molecule has 0 radical (unpaired) electrons. The van der Waals surface area contributed by atoms with Crippen LogP contribution in [0.2, 0.25) is 0 Å². The van der Waals surface area contributed by atoms with Gasteiger partial charge < -0.3 is 14.4 Å². The van der Waals surface area contributed by atoms with Crippen molar-refractivity contribution in [2.24, 2.45) is 0 Å². The molecule has 0 amide bonds. The normalized spacial score (nSPS) is 12.1. The summed E-state index contributed by atoms with van der Waals surface area (Å²) in [6.07, 6.45) is 4.20. The minimum atomic E-state index is -0.734. The van der Waals surface area contributed by atoms with Crippen molar-refractivity contribution in [3.8, 4) is 0 Å². The fraction of sp³-hybridized carbons (Fsp3) is 0.400. The standard InChI is InChI=1S/C10H14N2O3/c1-8(2)10(14)15-6-9(13)5-12-4-3-11-7-12/h3-4,7,9,13H,1,5-6H2,2H3. The van der Waals surface area contributed by atoms with Crippen LogP contribution in [0.4, 0.5) is 0 Å². The molecule has 1 atom stereocenters. The van der Waals surface area contributed by atoms with E-state index in [0.717, 1.165) is 0 Å². The van der Waals surface area contributed by atoms with Crippen LogP contribution in [-0.2, 0) is 16.1 Å². The predicted molar refractivity (Wildman–Crippen MR) is 54.0 cm³/mol. The van der Waals surface area contributed by atoms with Crippen LogP contribution in [0.5, 0.6) is 0 Å². The molecule has 0 aliphatic heterocycles. The van der Waals surface area contributed by atoms with Gasteiger partial charge in [-0.15, -0.1) is 0 Å². The fourth-order valence-corrected chi connectivity index (χ4v) is 0.986. The van der Waals surface area contributed by atoms with E-state index in [1.54, 1.807) is 30.2 Å². The number of imidazole rings is 1. The number of ether oxygens (including phenoxy) is 1. The van der Waals surface area contributed by atoms with Crippen LogP contribution in [0, 0.1) is 0 Å². The number of aliphatic hydroxyl groups excluding tert-OH is 1. The summed E-state index contributed by atoms with van der Waals surface area (Å²) >= 11 is 0. The van der Waals surface area contributed by atoms with Gasteiger partial charge in [0, 0.05) is 18.0 Å². The highest BCUT2D eigenvalue weighted by atomic mass is 16.5. The first kappa shape index (κ1) is 11.5. The number of aromatic nitrogens is 2. The first-order valence-electron chi connectivity index (χ1n) is 4.56. The molecule has 0 aromatic carbocycles. The molecule has 1 N–H and O–H groups in total. The van der Waals surface area contributed by atoms with E-state index >= 15 is 0 Å². The maximum absolute atomic E-state index is 11.0. The van der Waals surface area contributed by atoms with Gasteiger partial charge in [0.15, 0.2) is 0 Å². The summed E-state index contributed by atoms with van der Waals surface area (Å²) in [5.74, 6) is -0.486. The molecular formula is C10H14N2O3. The summed E-state index contributed by atoms with van der Waals surface area (Å²) in [6.45, 7) is 5.31. The van der Waals surface area contributed by atoms with Crippen molar-refractivity contribution in [1.82, 2.24) is 9.55 Å². The Balaban J connectivity index is 2.28. The Morgan fingerprint density at radius 1 is 1.73 bits per heavy atom. The number of carbonyl (C=O) groups excluding carboxylic acids is 1. The summed E-state index contributed by atoms with van der Waals surface area (Å²) in [5.41, 5.74) is 0.324. The van der Waals surface area contributed by atoms with Crippen molar-refractivity contribution in [2.45, 2.75) is 19.6 Å². The molecule has 0 bridgehead atoms. The molecule has 0 saturated carbocycles. The van der Waals surface area contributed by atoms with Gasteiger partial charge >= 0.3 is 5.97 Å². The third-order valence-corrected chi connectivity index (χ3v) is 1.74. The number of hydrogen-bond donors (Lipinski definition) is 1. The Morgan fingerprint density at radius 2 is 2.47 bits per heavy atom. The number of hydrogen-bond acceptors (Lipinski definition) is 4. The second-order valence-corrected chi connectivity index (χ2v) is 3.29. The lowest BCUT2D eigenvalue weighted by Gasteiger charge is -2.11. The van der Waals surface area contributed by atoms with E-state index in [-0.39, 0.29) is 6.61 Å². The zero-order valence-corrected chi connectivity index (χ0v) is 8.59. The van der Waals surface area contributed by atoms with Gasteiger partial charge in [0.25, 0.3) is 0 Å². The Hall–Kier alpha value is -1.62. The van der Waals surface area contributed by atoms with E-state index in [0.29, 0.717) is 12.1 Å². The van der Waals surface area contributed by atoms with Gasteiger partial charge in [0.1, 0.15) is 12.7 Å². The van der Waals surface area contributed by atoms with Gasteiger partial charge in [-0.1, -0.05) is 6.58 Å². The quantitative estimate of drug-likeness (QED) is 0.563. The third kappa shape index (κ3) is 3.95. The average molecular weight is 210 g/mol. The van der Waals surface area contributed by atoms with Gasteiger partial charge in [-0.2, -0.15) is 0 Å². The SMILES string of the molecule is C=C(C)C(=O)OCC(O)Cn1ccnc1. The summed E-state index contributed by atoms with van der Waals surface area (Å²) in [4.78, 5) is 14.8. The van der Waals surface area contributed by atoms with E-state index in [1.165, 1.54) is 0 Å². The van der Waals surface area contributed by atoms with E-state index < -0.39 is 12.1 Å². The topological polar surface area (TPSA) is 64.3 Å². The van der Waals surface area contributed by atoms with Crippen LogP contribution in [0.15, 0.2) is 30.9 Å². The van der Waals surface area contributed by atoms with Gasteiger partial charge in [0.2, 0.25) is 0 Å². The van der Waals surface area contributed by atoms with E-state index in [9.17, 15) is 9.90 Å². The fourth-order valence-electron chi connectivity index (χ4n) is 0.986. The predicted octanol–water partition coefficient (Wildman–Crippen LogP) is 0.363. The maximum Gasteiger partial charge on any atom is 0.333 e. The minimum absolute atomic E-state index is 0.0378. The van der Waals surface area contributed by atoms with Gasteiger partial charge in [-0.3, -0.25) is 0 Å². The molecule has 0 aliphatic rings. The number of esters is 1. The Morgan fingerprint density at radius 3 is 3.00 bits per heavy atom. The summed E-state index contributed by atoms with van der Waals surface area (Å²) < 4.78 is 6.50. The van der Waals surface area contributed by atoms with Gasteiger partial charge in [-0.05, 0) is 6.92 Å². The second-order valence-electron chi connectivity index (χ2n) is 3.29. The van der Waals surface area contributed by atoms with Crippen molar-refractivity contribution in [3.05, 3.63) is 30.9 Å². The van der Waals surface area contributed by atoms with Gasteiger partial charge in [-0.25, -0.2) is 9.78 Å². The Labute approximate surface area is 88.0 Å². The highest BCUT2D eigenvalue weighted by Crippen LogP contribution is 1.97. The second kappa shape index (κ2) is 5.31. The summed E-state index contributed by atoms with van der Waals surface area (Å²) in [6, 6.07) is 0. The largest absolute Gasteiger partial charge is 0.460 e. The number of nitrogens with zero attached hydrogens (tertiary/aromatic N) is 2. The molecule has 0 aliphatic carbocycles. The van der Waals surface area contributed by atoms with Crippen molar-refractivity contribution in [1.29, 1.82) is 0 Å². The number of rotatable bonds is 5.